The third-order valence-electron chi connectivity index (χ3n) is 4.18. The number of carbonyl (C=O) groups excluding carboxylic acids is 3. The monoisotopic (exact) mass is 372 g/mol. The van der Waals surface area contributed by atoms with Gasteiger partial charge in [-0.05, 0) is 30.5 Å². The van der Waals surface area contributed by atoms with Gasteiger partial charge in [-0.25, -0.2) is 10.2 Å². The Bertz CT molecular complexity index is 781. The lowest BCUT2D eigenvalue weighted by atomic mass is 10.1. The lowest BCUT2D eigenvalue weighted by Gasteiger charge is -2.34. The highest BCUT2D eigenvalue weighted by Gasteiger charge is 2.25. The van der Waals surface area contributed by atoms with Crippen LogP contribution in [0, 0.1) is 6.92 Å². The van der Waals surface area contributed by atoms with Gasteiger partial charge < -0.3 is 9.80 Å². The quantitative estimate of drug-likeness (QED) is 0.790. The summed E-state index contributed by atoms with van der Waals surface area (Å²) in [4.78, 5) is 40.5. The van der Waals surface area contributed by atoms with Crippen LogP contribution < -0.4 is 10.9 Å². The molecule has 0 saturated carbocycles. The van der Waals surface area contributed by atoms with Gasteiger partial charge in [0.2, 0.25) is 0 Å². The maximum Gasteiger partial charge on any atom is 0.336 e. The molecule has 0 atom stereocenters. The number of piperazine rings is 1. The van der Waals surface area contributed by atoms with E-state index in [0.717, 1.165) is 5.56 Å². The first kappa shape index (κ1) is 17.9. The minimum atomic E-state index is -0.381. The van der Waals surface area contributed by atoms with Crippen molar-refractivity contribution in [2.24, 2.45) is 0 Å². The minimum Gasteiger partial charge on any atom is -0.334 e. The Morgan fingerprint density at radius 2 is 1.58 bits per heavy atom. The standard InChI is InChI=1S/C18H20N4O3S/c1-13-4-6-14(7-5-13)16(23)19-20-18(25)22-10-8-21(9-11-22)17(24)15-3-2-12-26-15/h2-7,12H,8-11H2,1H3,(H,19,23)(H,20,25). The zero-order chi connectivity index (χ0) is 18.5. The summed E-state index contributed by atoms with van der Waals surface area (Å²) in [5, 5.41) is 1.87. The van der Waals surface area contributed by atoms with Crippen LogP contribution in [0.2, 0.25) is 0 Å². The number of carbonyl (C=O) groups is 3. The number of hydrogen-bond acceptors (Lipinski definition) is 4. The molecule has 136 valence electrons. The van der Waals surface area contributed by atoms with Crippen LogP contribution >= 0.6 is 11.3 Å². The fourth-order valence-corrected chi connectivity index (χ4v) is 3.33. The smallest absolute Gasteiger partial charge is 0.334 e. The van der Waals surface area contributed by atoms with E-state index < -0.39 is 0 Å². The molecule has 2 aromatic rings. The van der Waals surface area contributed by atoms with Crippen LogP contribution in [0.3, 0.4) is 0 Å². The fraction of sp³-hybridized carbons (Fsp3) is 0.278. The third-order valence-corrected chi connectivity index (χ3v) is 5.04. The molecule has 0 unspecified atom stereocenters. The predicted octanol–water partition coefficient (Wildman–Crippen LogP) is 1.87. The van der Waals surface area contributed by atoms with Gasteiger partial charge in [-0.3, -0.25) is 15.0 Å². The summed E-state index contributed by atoms with van der Waals surface area (Å²) in [5.74, 6) is -0.377. The van der Waals surface area contributed by atoms with Gasteiger partial charge in [0, 0.05) is 31.7 Å². The third kappa shape index (κ3) is 4.20. The summed E-state index contributed by atoms with van der Waals surface area (Å²) in [6, 6.07) is 10.3. The number of benzene rings is 1. The van der Waals surface area contributed by atoms with Crippen LogP contribution in [0.15, 0.2) is 41.8 Å². The molecule has 0 radical (unpaired) electrons. The summed E-state index contributed by atoms with van der Waals surface area (Å²) in [7, 11) is 0. The Balaban J connectivity index is 1.45. The van der Waals surface area contributed by atoms with Gasteiger partial charge in [0.1, 0.15) is 0 Å². The van der Waals surface area contributed by atoms with Crippen molar-refractivity contribution in [3.05, 3.63) is 57.8 Å². The first-order valence-corrected chi connectivity index (χ1v) is 9.17. The molecule has 2 N–H and O–H groups in total. The van der Waals surface area contributed by atoms with Crippen molar-refractivity contribution in [3.8, 4) is 0 Å². The van der Waals surface area contributed by atoms with E-state index in [0.29, 0.717) is 36.6 Å². The number of hydrazine groups is 1. The molecule has 26 heavy (non-hydrogen) atoms. The van der Waals surface area contributed by atoms with Gasteiger partial charge in [-0.2, -0.15) is 0 Å². The number of amides is 4. The largest absolute Gasteiger partial charge is 0.336 e. The van der Waals surface area contributed by atoms with Crippen molar-refractivity contribution in [2.75, 3.05) is 26.2 Å². The second-order valence-electron chi connectivity index (χ2n) is 6.01. The van der Waals surface area contributed by atoms with Crippen LogP contribution in [-0.4, -0.2) is 53.8 Å². The summed E-state index contributed by atoms with van der Waals surface area (Å²) in [6.07, 6.45) is 0. The summed E-state index contributed by atoms with van der Waals surface area (Å²) in [6.45, 7) is 3.71. The fourth-order valence-electron chi connectivity index (χ4n) is 2.64. The number of rotatable bonds is 2. The molecule has 2 heterocycles. The Hall–Kier alpha value is -2.87. The SMILES string of the molecule is Cc1ccc(C(=O)NNC(=O)N2CCN(C(=O)c3cccs3)CC2)cc1. The van der Waals surface area contributed by atoms with Gasteiger partial charge in [-0.1, -0.05) is 23.8 Å². The molecule has 1 aromatic heterocycles. The van der Waals surface area contributed by atoms with Crippen LogP contribution in [0.5, 0.6) is 0 Å². The first-order chi connectivity index (χ1) is 12.5. The summed E-state index contributed by atoms with van der Waals surface area (Å²) < 4.78 is 0. The zero-order valence-corrected chi connectivity index (χ0v) is 15.2. The molecular formula is C18H20N4O3S. The highest BCUT2D eigenvalue weighted by atomic mass is 32.1. The highest BCUT2D eigenvalue weighted by Crippen LogP contribution is 2.13. The Morgan fingerprint density at radius 3 is 2.19 bits per heavy atom. The average molecular weight is 372 g/mol. The maximum absolute atomic E-state index is 12.3. The molecule has 0 bridgehead atoms. The second kappa shape index (κ2) is 8.01. The average Bonchev–Trinajstić information content (AvgIpc) is 3.20. The highest BCUT2D eigenvalue weighted by molar-refractivity contribution is 7.12. The summed E-state index contributed by atoms with van der Waals surface area (Å²) in [5.41, 5.74) is 6.37. The topological polar surface area (TPSA) is 81.8 Å². The number of urea groups is 1. The van der Waals surface area contributed by atoms with E-state index in [2.05, 4.69) is 10.9 Å². The second-order valence-corrected chi connectivity index (χ2v) is 6.95. The molecule has 0 aliphatic carbocycles. The number of nitrogens with one attached hydrogen (secondary N) is 2. The number of thiophene rings is 1. The molecule has 1 aliphatic heterocycles. The van der Waals surface area contributed by atoms with E-state index >= 15 is 0 Å². The number of hydrogen-bond donors (Lipinski definition) is 2. The number of nitrogens with zero attached hydrogens (tertiary/aromatic N) is 2. The van der Waals surface area contributed by atoms with Crippen LogP contribution in [0.1, 0.15) is 25.6 Å². The molecule has 1 aliphatic rings. The molecule has 0 spiro atoms. The van der Waals surface area contributed by atoms with Crippen LogP contribution in [0.4, 0.5) is 4.79 Å². The Kier molecular flexibility index (Phi) is 5.52. The van der Waals surface area contributed by atoms with Crippen molar-refractivity contribution in [3.63, 3.8) is 0 Å². The molecule has 1 aromatic carbocycles. The Labute approximate surface area is 155 Å². The normalized spacial score (nSPS) is 14.0. The molecule has 1 fully saturated rings. The van der Waals surface area contributed by atoms with Gasteiger partial charge in [0.15, 0.2) is 0 Å². The van der Waals surface area contributed by atoms with Gasteiger partial charge in [0.25, 0.3) is 11.8 Å². The summed E-state index contributed by atoms with van der Waals surface area (Å²) >= 11 is 1.41. The lowest BCUT2D eigenvalue weighted by Crippen LogP contribution is -2.56. The predicted molar refractivity (Wildman–Crippen MR) is 99.0 cm³/mol. The molecule has 8 heteroatoms. The van der Waals surface area contributed by atoms with Gasteiger partial charge >= 0.3 is 6.03 Å². The van der Waals surface area contributed by atoms with Crippen molar-refractivity contribution < 1.29 is 14.4 Å². The maximum atomic E-state index is 12.3. The Morgan fingerprint density at radius 1 is 0.923 bits per heavy atom. The molecule has 4 amide bonds. The lowest BCUT2D eigenvalue weighted by molar-refractivity contribution is 0.0667. The van der Waals surface area contributed by atoms with Crippen molar-refractivity contribution in [1.82, 2.24) is 20.7 Å². The molecular weight excluding hydrogens is 352 g/mol. The number of aryl methyl sites for hydroxylation is 1. The zero-order valence-electron chi connectivity index (χ0n) is 14.4. The van der Waals surface area contributed by atoms with E-state index in [1.165, 1.54) is 11.3 Å². The van der Waals surface area contributed by atoms with E-state index in [4.69, 9.17) is 0 Å². The molecule has 1 saturated heterocycles. The van der Waals surface area contributed by atoms with E-state index in [1.54, 1.807) is 28.0 Å². The van der Waals surface area contributed by atoms with Crippen molar-refractivity contribution in [1.29, 1.82) is 0 Å². The minimum absolute atomic E-state index is 0.00673. The molecule has 7 nitrogen and oxygen atoms in total. The van der Waals surface area contributed by atoms with E-state index in [1.807, 2.05) is 30.5 Å². The molecule has 3 rings (SSSR count). The van der Waals surface area contributed by atoms with Gasteiger partial charge in [0.05, 0.1) is 4.88 Å². The van der Waals surface area contributed by atoms with Gasteiger partial charge in [-0.15, -0.1) is 11.3 Å². The van der Waals surface area contributed by atoms with Crippen molar-refractivity contribution >= 4 is 29.2 Å². The van der Waals surface area contributed by atoms with Crippen LogP contribution in [0.25, 0.3) is 0 Å². The van der Waals surface area contributed by atoms with E-state index in [-0.39, 0.29) is 17.8 Å². The first-order valence-electron chi connectivity index (χ1n) is 8.29. The van der Waals surface area contributed by atoms with Crippen molar-refractivity contribution in [2.45, 2.75) is 6.92 Å². The van der Waals surface area contributed by atoms with E-state index in [9.17, 15) is 14.4 Å². The van der Waals surface area contributed by atoms with Crippen LogP contribution in [-0.2, 0) is 0 Å².